The molecule has 0 saturated heterocycles. The average molecular weight is 321 g/mol. The minimum absolute atomic E-state index is 0.545. The van der Waals surface area contributed by atoms with Crippen molar-refractivity contribution in [3.63, 3.8) is 0 Å². The molecule has 0 atom stereocenters. The zero-order valence-electron chi connectivity index (χ0n) is 10.7. The minimum atomic E-state index is 0.545. The standard InChI is InChI=1S/C15H17BrN2O/c16-14-4-1-5-15(17)13(14)11-19-10-2-3-12-6-8-18-9-7-12/h1,4-9H,2-3,10-11,17H2. The molecule has 0 aliphatic rings. The van der Waals surface area contributed by atoms with Crippen LogP contribution in [0.2, 0.25) is 0 Å². The van der Waals surface area contributed by atoms with E-state index in [0.29, 0.717) is 6.61 Å². The van der Waals surface area contributed by atoms with Gasteiger partial charge in [-0.05, 0) is 42.7 Å². The molecule has 0 radical (unpaired) electrons. The minimum Gasteiger partial charge on any atom is -0.398 e. The molecule has 100 valence electrons. The van der Waals surface area contributed by atoms with Crippen molar-refractivity contribution in [2.45, 2.75) is 19.4 Å². The predicted molar refractivity (Wildman–Crippen MR) is 80.8 cm³/mol. The highest BCUT2D eigenvalue weighted by Gasteiger charge is 2.03. The van der Waals surface area contributed by atoms with Gasteiger partial charge in [0.1, 0.15) is 0 Å². The number of pyridine rings is 1. The lowest BCUT2D eigenvalue weighted by molar-refractivity contribution is 0.118. The SMILES string of the molecule is Nc1cccc(Br)c1COCCCc1ccncc1. The van der Waals surface area contributed by atoms with Gasteiger partial charge in [-0.2, -0.15) is 0 Å². The van der Waals surface area contributed by atoms with Crippen LogP contribution in [0.5, 0.6) is 0 Å². The van der Waals surface area contributed by atoms with E-state index in [1.165, 1.54) is 5.56 Å². The van der Waals surface area contributed by atoms with E-state index < -0.39 is 0 Å². The lowest BCUT2D eigenvalue weighted by Gasteiger charge is -2.09. The molecular weight excluding hydrogens is 304 g/mol. The number of hydrogen-bond acceptors (Lipinski definition) is 3. The highest BCUT2D eigenvalue weighted by molar-refractivity contribution is 9.10. The molecule has 1 aromatic heterocycles. The summed E-state index contributed by atoms with van der Waals surface area (Å²) >= 11 is 3.49. The van der Waals surface area contributed by atoms with Gasteiger partial charge in [0.05, 0.1) is 6.61 Å². The Hall–Kier alpha value is -1.39. The normalized spacial score (nSPS) is 10.6. The largest absolute Gasteiger partial charge is 0.398 e. The van der Waals surface area contributed by atoms with E-state index >= 15 is 0 Å². The van der Waals surface area contributed by atoms with Gasteiger partial charge in [-0.25, -0.2) is 0 Å². The monoisotopic (exact) mass is 320 g/mol. The molecule has 3 nitrogen and oxygen atoms in total. The van der Waals surface area contributed by atoms with Crippen molar-refractivity contribution in [2.24, 2.45) is 0 Å². The molecule has 0 bridgehead atoms. The van der Waals surface area contributed by atoms with Crippen LogP contribution in [0.25, 0.3) is 0 Å². The summed E-state index contributed by atoms with van der Waals surface area (Å²) in [6.45, 7) is 1.27. The number of aryl methyl sites for hydroxylation is 1. The first-order valence-corrected chi connectivity index (χ1v) is 7.06. The van der Waals surface area contributed by atoms with Crippen molar-refractivity contribution in [1.29, 1.82) is 0 Å². The first-order chi connectivity index (χ1) is 9.27. The predicted octanol–water partition coefficient (Wildman–Crippen LogP) is 3.58. The van der Waals surface area contributed by atoms with Gasteiger partial charge >= 0.3 is 0 Å². The topological polar surface area (TPSA) is 48.1 Å². The molecule has 0 aliphatic heterocycles. The summed E-state index contributed by atoms with van der Waals surface area (Å²) in [5.74, 6) is 0. The molecule has 0 saturated carbocycles. The highest BCUT2D eigenvalue weighted by Crippen LogP contribution is 2.23. The van der Waals surface area contributed by atoms with Crippen LogP contribution < -0.4 is 5.73 Å². The Morgan fingerprint density at radius 2 is 1.95 bits per heavy atom. The molecule has 1 aromatic carbocycles. The van der Waals surface area contributed by atoms with Gasteiger partial charge in [0.15, 0.2) is 0 Å². The van der Waals surface area contributed by atoms with Crippen LogP contribution >= 0.6 is 15.9 Å². The first kappa shape index (κ1) is 14.0. The van der Waals surface area contributed by atoms with Gasteiger partial charge < -0.3 is 10.5 Å². The summed E-state index contributed by atoms with van der Waals surface area (Å²) in [5.41, 5.74) is 8.99. The molecule has 19 heavy (non-hydrogen) atoms. The van der Waals surface area contributed by atoms with Gasteiger partial charge in [-0.15, -0.1) is 0 Å². The highest BCUT2D eigenvalue weighted by atomic mass is 79.9. The van der Waals surface area contributed by atoms with E-state index in [9.17, 15) is 0 Å². The number of hydrogen-bond donors (Lipinski definition) is 1. The summed E-state index contributed by atoms with van der Waals surface area (Å²) in [6.07, 6.45) is 5.64. The molecule has 0 fully saturated rings. The Bertz CT molecular complexity index is 497. The van der Waals surface area contributed by atoms with E-state index in [1.807, 2.05) is 42.7 Å². The third-order valence-electron chi connectivity index (χ3n) is 2.90. The van der Waals surface area contributed by atoms with Crippen molar-refractivity contribution in [2.75, 3.05) is 12.3 Å². The fourth-order valence-electron chi connectivity index (χ4n) is 1.83. The Morgan fingerprint density at radius 3 is 2.68 bits per heavy atom. The first-order valence-electron chi connectivity index (χ1n) is 6.27. The van der Waals surface area contributed by atoms with E-state index in [1.54, 1.807) is 0 Å². The van der Waals surface area contributed by atoms with Gasteiger partial charge in [-0.1, -0.05) is 22.0 Å². The van der Waals surface area contributed by atoms with Crippen LogP contribution in [0, 0.1) is 0 Å². The average Bonchev–Trinajstić information content (AvgIpc) is 2.42. The van der Waals surface area contributed by atoms with Crippen LogP contribution in [-0.4, -0.2) is 11.6 Å². The summed E-state index contributed by atoms with van der Waals surface area (Å²) in [4.78, 5) is 4.00. The molecule has 0 amide bonds. The van der Waals surface area contributed by atoms with E-state index in [4.69, 9.17) is 10.5 Å². The van der Waals surface area contributed by atoms with E-state index in [0.717, 1.165) is 35.2 Å². The lowest BCUT2D eigenvalue weighted by atomic mass is 10.1. The third-order valence-corrected chi connectivity index (χ3v) is 3.65. The van der Waals surface area contributed by atoms with Crippen molar-refractivity contribution >= 4 is 21.6 Å². The van der Waals surface area contributed by atoms with Crippen LogP contribution in [0.4, 0.5) is 5.69 Å². The second-order valence-electron chi connectivity index (χ2n) is 4.32. The fraction of sp³-hybridized carbons (Fsp3) is 0.267. The zero-order valence-corrected chi connectivity index (χ0v) is 12.3. The molecular formula is C15H17BrN2O. The summed E-state index contributed by atoms with van der Waals surface area (Å²) in [7, 11) is 0. The Labute approximate surface area is 121 Å². The van der Waals surface area contributed by atoms with Crippen molar-refractivity contribution < 1.29 is 4.74 Å². The third kappa shape index (κ3) is 4.33. The number of nitrogen functional groups attached to an aromatic ring is 1. The molecule has 1 heterocycles. The maximum absolute atomic E-state index is 5.91. The van der Waals surface area contributed by atoms with Gasteiger partial charge in [0.2, 0.25) is 0 Å². The quantitative estimate of drug-likeness (QED) is 0.653. The van der Waals surface area contributed by atoms with Crippen LogP contribution in [0.3, 0.4) is 0 Å². The number of benzene rings is 1. The van der Waals surface area contributed by atoms with Gasteiger partial charge in [0, 0.05) is 34.7 Å². The number of ether oxygens (including phenoxy) is 1. The molecule has 2 rings (SSSR count). The van der Waals surface area contributed by atoms with Crippen molar-refractivity contribution in [1.82, 2.24) is 4.98 Å². The Balaban J connectivity index is 1.73. The lowest BCUT2D eigenvalue weighted by Crippen LogP contribution is -2.01. The van der Waals surface area contributed by atoms with Gasteiger partial charge in [0.25, 0.3) is 0 Å². The molecule has 0 spiro atoms. The van der Waals surface area contributed by atoms with E-state index in [-0.39, 0.29) is 0 Å². The van der Waals surface area contributed by atoms with Gasteiger partial charge in [-0.3, -0.25) is 4.98 Å². The molecule has 4 heteroatoms. The summed E-state index contributed by atoms with van der Waals surface area (Å²) in [6, 6.07) is 9.86. The Morgan fingerprint density at radius 1 is 1.16 bits per heavy atom. The zero-order chi connectivity index (χ0) is 13.5. The second-order valence-corrected chi connectivity index (χ2v) is 5.17. The second kappa shape index (κ2) is 7.26. The number of rotatable bonds is 6. The van der Waals surface area contributed by atoms with Crippen LogP contribution in [0.15, 0.2) is 47.2 Å². The van der Waals surface area contributed by atoms with Crippen molar-refractivity contribution in [3.8, 4) is 0 Å². The maximum Gasteiger partial charge on any atom is 0.0748 e. The van der Waals surface area contributed by atoms with Crippen molar-refractivity contribution in [3.05, 3.63) is 58.3 Å². The van der Waals surface area contributed by atoms with Crippen LogP contribution in [-0.2, 0) is 17.8 Å². The number of anilines is 1. The maximum atomic E-state index is 5.91. The number of halogens is 1. The molecule has 0 aliphatic carbocycles. The number of nitrogens with zero attached hydrogens (tertiary/aromatic N) is 1. The fourth-order valence-corrected chi connectivity index (χ4v) is 2.33. The molecule has 0 unspecified atom stereocenters. The summed E-state index contributed by atoms with van der Waals surface area (Å²) < 4.78 is 6.68. The van der Waals surface area contributed by atoms with Crippen LogP contribution in [0.1, 0.15) is 17.5 Å². The summed E-state index contributed by atoms with van der Waals surface area (Å²) in [5, 5.41) is 0. The number of nitrogens with two attached hydrogens (primary N) is 1. The number of aromatic nitrogens is 1. The molecule has 2 N–H and O–H groups in total. The molecule has 2 aromatic rings. The Kier molecular flexibility index (Phi) is 5.36. The van der Waals surface area contributed by atoms with E-state index in [2.05, 4.69) is 20.9 Å². The smallest absolute Gasteiger partial charge is 0.0748 e.